The van der Waals surface area contributed by atoms with Gasteiger partial charge in [-0.05, 0) is 59.0 Å². The van der Waals surface area contributed by atoms with Crippen molar-refractivity contribution in [2.75, 3.05) is 13.1 Å². The minimum Gasteiger partial charge on any atom is -0.481 e. The van der Waals surface area contributed by atoms with Gasteiger partial charge in [0.05, 0.1) is 5.41 Å². The molecule has 1 N–H and O–H groups in total. The van der Waals surface area contributed by atoms with E-state index in [4.69, 9.17) is 5.11 Å². The molecule has 0 bridgehead atoms. The van der Waals surface area contributed by atoms with E-state index >= 15 is 0 Å². The second-order valence-corrected chi connectivity index (χ2v) is 5.91. The van der Waals surface area contributed by atoms with Crippen molar-refractivity contribution >= 4 is 5.97 Å². The summed E-state index contributed by atoms with van der Waals surface area (Å²) < 4.78 is 0. The van der Waals surface area contributed by atoms with Gasteiger partial charge in [-0.2, -0.15) is 0 Å². The van der Waals surface area contributed by atoms with Crippen molar-refractivity contribution in [3.63, 3.8) is 0 Å². The van der Waals surface area contributed by atoms with Crippen LogP contribution >= 0.6 is 0 Å². The van der Waals surface area contributed by atoms with Gasteiger partial charge in [-0.15, -0.1) is 0 Å². The van der Waals surface area contributed by atoms with Crippen LogP contribution in [0.15, 0.2) is 0 Å². The lowest BCUT2D eigenvalue weighted by Crippen LogP contribution is -2.28. The lowest BCUT2D eigenvalue weighted by atomic mass is 9.87. The van der Waals surface area contributed by atoms with E-state index in [1.165, 1.54) is 25.8 Å². The fourth-order valence-corrected chi connectivity index (χ4v) is 2.19. The maximum Gasteiger partial charge on any atom is 0.309 e. The topological polar surface area (TPSA) is 40.5 Å². The van der Waals surface area contributed by atoms with E-state index in [0.29, 0.717) is 0 Å². The molecule has 1 fully saturated rings. The smallest absolute Gasteiger partial charge is 0.309 e. The van der Waals surface area contributed by atoms with Crippen molar-refractivity contribution < 1.29 is 9.90 Å². The second-order valence-electron chi connectivity index (χ2n) is 5.91. The highest BCUT2D eigenvalue weighted by atomic mass is 16.4. The van der Waals surface area contributed by atoms with Crippen LogP contribution in [0, 0.1) is 5.41 Å². The monoisotopic (exact) mass is 241 g/mol. The zero-order chi connectivity index (χ0) is 12.9. The Labute approximate surface area is 105 Å². The molecule has 0 atom stereocenters. The van der Waals surface area contributed by atoms with Crippen LogP contribution < -0.4 is 0 Å². The van der Waals surface area contributed by atoms with Crippen molar-refractivity contribution in [3.05, 3.63) is 0 Å². The first-order valence-corrected chi connectivity index (χ1v) is 6.95. The Hall–Kier alpha value is -0.570. The predicted molar refractivity (Wildman–Crippen MR) is 70.2 cm³/mol. The Morgan fingerprint density at radius 2 is 1.94 bits per heavy atom. The fraction of sp³-hybridized carbons (Fsp3) is 0.929. The molecular weight excluding hydrogens is 214 g/mol. The second kappa shape index (κ2) is 6.39. The summed E-state index contributed by atoms with van der Waals surface area (Å²) in [5, 5.41) is 9.02. The maximum atomic E-state index is 11.0. The number of aliphatic carboxylic acids is 1. The third-order valence-corrected chi connectivity index (χ3v) is 3.65. The molecule has 0 aromatic rings. The van der Waals surface area contributed by atoms with Gasteiger partial charge >= 0.3 is 5.97 Å². The summed E-state index contributed by atoms with van der Waals surface area (Å²) in [6.45, 7) is 8.21. The van der Waals surface area contributed by atoms with Crippen LogP contribution in [0.1, 0.15) is 59.3 Å². The van der Waals surface area contributed by atoms with E-state index < -0.39 is 11.4 Å². The minimum absolute atomic E-state index is 0.560. The molecule has 1 aliphatic rings. The van der Waals surface area contributed by atoms with Crippen LogP contribution in [0.2, 0.25) is 0 Å². The highest BCUT2D eigenvalue weighted by Crippen LogP contribution is 2.28. The van der Waals surface area contributed by atoms with Crippen molar-refractivity contribution in [2.45, 2.75) is 65.3 Å². The number of carbonyl (C=O) groups is 1. The highest BCUT2D eigenvalue weighted by Gasteiger charge is 2.29. The molecule has 0 aliphatic heterocycles. The molecule has 3 nitrogen and oxygen atoms in total. The summed E-state index contributed by atoms with van der Waals surface area (Å²) in [6.07, 6.45) is 6.88. The number of carboxylic acids is 1. The first kappa shape index (κ1) is 14.5. The predicted octanol–water partition coefficient (Wildman–Crippen LogP) is 3.14. The van der Waals surface area contributed by atoms with Gasteiger partial charge in [0, 0.05) is 6.04 Å². The molecule has 1 rings (SSSR count). The van der Waals surface area contributed by atoms with E-state index in [1.807, 2.05) is 13.8 Å². The van der Waals surface area contributed by atoms with Gasteiger partial charge in [0.25, 0.3) is 0 Å². The van der Waals surface area contributed by atoms with E-state index in [2.05, 4.69) is 11.8 Å². The number of rotatable bonds is 9. The largest absolute Gasteiger partial charge is 0.481 e. The molecule has 0 spiro atoms. The highest BCUT2D eigenvalue weighted by molar-refractivity contribution is 5.73. The van der Waals surface area contributed by atoms with E-state index in [0.717, 1.165) is 31.8 Å². The Balaban J connectivity index is 2.16. The van der Waals surface area contributed by atoms with Crippen molar-refractivity contribution in [1.29, 1.82) is 0 Å². The van der Waals surface area contributed by atoms with Gasteiger partial charge in [0.1, 0.15) is 0 Å². The van der Waals surface area contributed by atoms with Crippen LogP contribution in [0.3, 0.4) is 0 Å². The molecule has 0 aromatic carbocycles. The number of carboxylic acid groups (broad SMARTS) is 1. The van der Waals surface area contributed by atoms with Gasteiger partial charge in [-0.25, -0.2) is 0 Å². The summed E-state index contributed by atoms with van der Waals surface area (Å²) in [6, 6.07) is 0.836. The van der Waals surface area contributed by atoms with Crippen LogP contribution in [0.4, 0.5) is 0 Å². The average molecular weight is 241 g/mol. The number of unbranched alkanes of at least 4 members (excludes halogenated alkanes) is 1. The zero-order valence-electron chi connectivity index (χ0n) is 11.5. The van der Waals surface area contributed by atoms with Gasteiger partial charge in [0.15, 0.2) is 0 Å². The summed E-state index contributed by atoms with van der Waals surface area (Å²) in [7, 11) is 0. The molecule has 0 saturated heterocycles. The van der Waals surface area contributed by atoms with Crippen LogP contribution in [-0.4, -0.2) is 35.1 Å². The van der Waals surface area contributed by atoms with E-state index in [9.17, 15) is 4.79 Å². The zero-order valence-corrected chi connectivity index (χ0v) is 11.5. The minimum atomic E-state index is -0.676. The van der Waals surface area contributed by atoms with Crippen LogP contribution in [0.25, 0.3) is 0 Å². The van der Waals surface area contributed by atoms with Crippen LogP contribution in [0.5, 0.6) is 0 Å². The first-order chi connectivity index (χ1) is 7.97. The first-order valence-electron chi connectivity index (χ1n) is 6.95. The SMILES string of the molecule is CCCN(CCCCC(C)(C)C(=O)O)C1CC1. The van der Waals surface area contributed by atoms with Gasteiger partial charge in [-0.1, -0.05) is 13.3 Å². The Bertz CT molecular complexity index is 247. The quantitative estimate of drug-likeness (QED) is 0.630. The van der Waals surface area contributed by atoms with E-state index in [-0.39, 0.29) is 0 Å². The van der Waals surface area contributed by atoms with E-state index in [1.54, 1.807) is 0 Å². The van der Waals surface area contributed by atoms with Crippen LogP contribution in [-0.2, 0) is 4.79 Å². The molecule has 0 amide bonds. The average Bonchev–Trinajstić information content (AvgIpc) is 3.06. The molecular formula is C14H27NO2. The van der Waals surface area contributed by atoms with Gasteiger partial charge in [0.2, 0.25) is 0 Å². The standard InChI is InChI=1S/C14H27NO2/c1-4-10-15(12-7-8-12)11-6-5-9-14(2,3)13(16)17/h12H,4-11H2,1-3H3,(H,16,17). The molecule has 1 aliphatic carbocycles. The lowest BCUT2D eigenvalue weighted by Gasteiger charge is -2.23. The molecule has 0 unspecified atom stereocenters. The normalized spacial score (nSPS) is 16.5. The maximum absolute atomic E-state index is 11.0. The number of hydrogen-bond acceptors (Lipinski definition) is 2. The summed E-state index contributed by atoms with van der Waals surface area (Å²) in [4.78, 5) is 13.5. The molecule has 1 saturated carbocycles. The number of hydrogen-bond donors (Lipinski definition) is 1. The fourth-order valence-electron chi connectivity index (χ4n) is 2.19. The lowest BCUT2D eigenvalue weighted by molar-refractivity contribution is -0.147. The third kappa shape index (κ3) is 5.07. The number of nitrogens with zero attached hydrogens (tertiary/aromatic N) is 1. The molecule has 0 heterocycles. The van der Waals surface area contributed by atoms with Crippen molar-refractivity contribution in [3.8, 4) is 0 Å². The Morgan fingerprint density at radius 3 is 2.41 bits per heavy atom. The third-order valence-electron chi connectivity index (χ3n) is 3.65. The molecule has 100 valence electrons. The molecule has 3 heteroatoms. The molecule has 0 aromatic heterocycles. The summed E-state index contributed by atoms with van der Waals surface area (Å²) >= 11 is 0. The van der Waals surface area contributed by atoms with Gasteiger partial charge in [-0.3, -0.25) is 4.79 Å². The summed E-state index contributed by atoms with van der Waals surface area (Å²) in [5.74, 6) is -0.676. The summed E-state index contributed by atoms with van der Waals surface area (Å²) in [5.41, 5.74) is -0.560. The van der Waals surface area contributed by atoms with Crippen molar-refractivity contribution in [2.24, 2.45) is 5.41 Å². The van der Waals surface area contributed by atoms with Crippen molar-refractivity contribution in [1.82, 2.24) is 4.90 Å². The Morgan fingerprint density at radius 1 is 1.29 bits per heavy atom. The Kier molecular flexibility index (Phi) is 5.44. The molecule has 17 heavy (non-hydrogen) atoms. The van der Waals surface area contributed by atoms with Gasteiger partial charge < -0.3 is 10.0 Å². The molecule has 0 radical (unpaired) electrons.